The molecule has 1 heterocycles. The van der Waals surface area contributed by atoms with Crippen LogP contribution in [0.3, 0.4) is 0 Å². The highest BCUT2D eigenvalue weighted by Gasteiger charge is 2.12. The fraction of sp³-hybridized carbons (Fsp3) is 0. The molecule has 0 aliphatic carbocycles. The molecule has 0 bridgehead atoms. The number of hydrogen-bond donors (Lipinski definition) is 4. The Balaban J connectivity index is 2.22. The van der Waals surface area contributed by atoms with Crippen LogP contribution in [0.15, 0.2) is 26.4 Å². The first-order valence-electron chi connectivity index (χ1n) is 4.84. The standard InChI is InChI=1S/C9H8Br2N6O2/c10-5-1-4(7(18)6(11)8(5)19)2-13-15-9-16-14-3-17(9)12/h1-3,18-19H,12H2,(H,15,16). The van der Waals surface area contributed by atoms with Crippen LogP contribution in [0.4, 0.5) is 5.95 Å². The van der Waals surface area contributed by atoms with E-state index in [0.717, 1.165) is 4.68 Å². The molecule has 0 radical (unpaired) electrons. The van der Waals surface area contributed by atoms with E-state index in [0.29, 0.717) is 10.0 Å². The molecule has 5 N–H and O–H groups in total. The van der Waals surface area contributed by atoms with Crippen molar-refractivity contribution in [3.05, 3.63) is 26.9 Å². The lowest BCUT2D eigenvalue weighted by Crippen LogP contribution is -2.10. The molecule has 0 atom stereocenters. The lowest BCUT2D eigenvalue weighted by Gasteiger charge is -2.06. The second-order valence-corrected chi connectivity index (χ2v) is 5.04. The smallest absolute Gasteiger partial charge is 0.263 e. The number of benzene rings is 1. The summed E-state index contributed by atoms with van der Waals surface area (Å²) in [4.78, 5) is 0. The molecule has 0 aliphatic rings. The van der Waals surface area contributed by atoms with Crippen molar-refractivity contribution in [2.24, 2.45) is 5.10 Å². The van der Waals surface area contributed by atoms with Gasteiger partial charge in [0.15, 0.2) is 0 Å². The van der Waals surface area contributed by atoms with Crippen LogP contribution in [0, 0.1) is 0 Å². The molecule has 0 spiro atoms. The number of rotatable bonds is 3. The number of hydrogen-bond acceptors (Lipinski definition) is 7. The molecule has 1 aromatic heterocycles. The number of anilines is 1. The average Bonchev–Trinajstić information content (AvgIpc) is 2.79. The number of phenols is 2. The van der Waals surface area contributed by atoms with Crippen LogP contribution in [0.25, 0.3) is 0 Å². The monoisotopic (exact) mass is 390 g/mol. The predicted octanol–water partition coefficient (Wildman–Crippen LogP) is 1.37. The molecule has 8 nitrogen and oxygen atoms in total. The molecular weight excluding hydrogens is 384 g/mol. The Hall–Kier alpha value is -1.81. The molecular formula is C9H8Br2N6O2. The van der Waals surface area contributed by atoms with Gasteiger partial charge in [0.05, 0.1) is 10.7 Å². The minimum Gasteiger partial charge on any atom is -0.506 e. The number of nitrogen functional groups attached to an aromatic ring is 1. The maximum atomic E-state index is 9.81. The largest absolute Gasteiger partial charge is 0.506 e. The zero-order chi connectivity index (χ0) is 14.0. The molecule has 0 saturated heterocycles. The summed E-state index contributed by atoms with van der Waals surface area (Å²) in [6.07, 6.45) is 2.65. The summed E-state index contributed by atoms with van der Waals surface area (Å²) in [5.74, 6) is 5.49. The van der Waals surface area contributed by atoms with Crippen LogP contribution in [-0.4, -0.2) is 31.3 Å². The van der Waals surface area contributed by atoms with Gasteiger partial charge in [-0.05, 0) is 37.9 Å². The normalized spacial score (nSPS) is 11.1. The Morgan fingerprint density at radius 1 is 1.37 bits per heavy atom. The van der Waals surface area contributed by atoms with Crippen LogP contribution in [0.2, 0.25) is 0 Å². The van der Waals surface area contributed by atoms with Gasteiger partial charge in [-0.15, -0.1) is 10.2 Å². The fourth-order valence-electron chi connectivity index (χ4n) is 1.20. The van der Waals surface area contributed by atoms with Crippen LogP contribution >= 0.6 is 31.9 Å². The lowest BCUT2D eigenvalue weighted by atomic mass is 10.2. The Bertz CT molecular complexity index is 642. The molecule has 2 aromatic rings. The van der Waals surface area contributed by atoms with Crippen molar-refractivity contribution in [1.29, 1.82) is 0 Å². The topological polar surface area (TPSA) is 122 Å². The van der Waals surface area contributed by atoms with E-state index in [-0.39, 0.29) is 21.9 Å². The van der Waals surface area contributed by atoms with Gasteiger partial charge in [-0.3, -0.25) is 0 Å². The van der Waals surface area contributed by atoms with Gasteiger partial charge >= 0.3 is 0 Å². The summed E-state index contributed by atoms with van der Waals surface area (Å²) in [6.45, 7) is 0. The lowest BCUT2D eigenvalue weighted by molar-refractivity contribution is 0.442. The summed E-state index contributed by atoms with van der Waals surface area (Å²) in [7, 11) is 0. The molecule has 0 amide bonds. The second-order valence-electron chi connectivity index (χ2n) is 3.39. The maximum Gasteiger partial charge on any atom is 0.263 e. The predicted molar refractivity (Wildman–Crippen MR) is 76.6 cm³/mol. The molecule has 100 valence electrons. The number of nitrogens with two attached hydrogens (primary N) is 1. The first kappa shape index (κ1) is 13.6. The second kappa shape index (κ2) is 5.45. The summed E-state index contributed by atoms with van der Waals surface area (Å²) >= 11 is 6.22. The maximum absolute atomic E-state index is 9.81. The summed E-state index contributed by atoms with van der Waals surface area (Å²) in [5.41, 5.74) is 2.93. The highest BCUT2D eigenvalue weighted by Crippen LogP contribution is 2.40. The van der Waals surface area contributed by atoms with E-state index in [1.54, 1.807) is 0 Å². The minimum atomic E-state index is -0.138. The molecule has 2 rings (SSSR count). The van der Waals surface area contributed by atoms with E-state index in [9.17, 15) is 10.2 Å². The average molecular weight is 392 g/mol. The van der Waals surface area contributed by atoms with Gasteiger partial charge < -0.3 is 16.1 Å². The summed E-state index contributed by atoms with van der Waals surface area (Å²) in [5, 5.41) is 30.5. The van der Waals surface area contributed by atoms with Gasteiger partial charge in [-0.25, -0.2) is 10.1 Å². The van der Waals surface area contributed by atoms with Gasteiger partial charge in [0.25, 0.3) is 5.95 Å². The summed E-state index contributed by atoms with van der Waals surface area (Å²) in [6, 6.07) is 1.51. The third-order valence-corrected chi connectivity index (χ3v) is 3.49. The van der Waals surface area contributed by atoms with E-state index < -0.39 is 0 Å². The zero-order valence-electron chi connectivity index (χ0n) is 9.25. The Kier molecular flexibility index (Phi) is 3.90. The number of nitrogens with zero attached hydrogens (tertiary/aromatic N) is 4. The number of nitrogens with one attached hydrogen (secondary N) is 1. The number of aromatic hydroxyl groups is 2. The quantitative estimate of drug-likeness (QED) is 0.356. The van der Waals surface area contributed by atoms with Gasteiger partial charge in [0, 0.05) is 5.56 Å². The molecule has 0 unspecified atom stereocenters. The van der Waals surface area contributed by atoms with Crippen LogP contribution < -0.4 is 11.3 Å². The highest BCUT2D eigenvalue weighted by atomic mass is 79.9. The van der Waals surface area contributed by atoms with Crippen molar-refractivity contribution in [1.82, 2.24) is 14.9 Å². The van der Waals surface area contributed by atoms with E-state index >= 15 is 0 Å². The van der Waals surface area contributed by atoms with Crippen molar-refractivity contribution < 1.29 is 10.2 Å². The molecule has 0 fully saturated rings. The molecule has 1 aromatic carbocycles. The highest BCUT2D eigenvalue weighted by molar-refractivity contribution is 9.11. The third-order valence-electron chi connectivity index (χ3n) is 2.14. The first-order valence-corrected chi connectivity index (χ1v) is 6.43. The van der Waals surface area contributed by atoms with E-state index in [1.807, 2.05) is 0 Å². The fourth-order valence-corrected chi connectivity index (χ4v) is 2.35. The van der Waals surface area contributed by atoms with Gasteiger partial charge in [0.1, 0.15) is 22.3 Å². The van der Waals surface area contributed by atoms with Crippen molar-refractivity contribution in [2.45, 2.75) is 0 Å². The first-order chi connectivity index (χ1) is 9.00. The van der Waals surface area contributed by atoms with Gasteiger partial charge in [-0.2, -0.15) is 5.10 Å². The number of phenolic OH excluding ortho intramolecular Hbond substituents is 2. The van der Waals surface area contributed by atoms with Gasteiger partial charge in [0.2, 0.25) is 0 Å². The Labute approximate surface area is 124 Å². The number of hydrazone groups is 1. The summed E-state index contributed by atoms with van der Waals surface area (Å²) < 4.78 is 1.74. The molecule has 10 heteroatoms. The minimum absolute atomic E-state index is 0.0932. The van der Waals surface area contributed by atoms with Crippen LogP contribution in [0.5, 0.6) is 11.5 Å². The Morgan fingerprint density at radius 2 is 2.11 bits per heavy atom. The van der Waals surface area contributed by atoms with Gasteiger partial charge in [-0.1, -0.05) is 0 Å². The Morgan fingerprint density at radius 3 is 2.74 bits per heavy atom. The number of halogens is 2. The van der Waals surface area contributed by atoms with E-state index in [1.165, 1.54) is 18.6 Å². The van der Waals surface area contributed by atoms with E-state index in [4.69, 9.17) is 5.84 Å². The number of aromatic nitrogens is 3. The van der Waals surface area contributed by atoms with Crippen LogP contribution in [0.1, 0.15) is 5.56 Å². The van der Waals surface area contributed by atoms with Crippen molar-refractivity contribution >= 4 is 44.0 Å². The van der Waals surface area contributed by atoms with Crippen molar-refractivity contribution in [2.75, 3.05) is 11.3 Å². The SMILES string of the molecule is Nn1cnnc1NN=Cc1cc(Br)c(O)c(Br)c1O. The molecule has 19 heavy (non-hydrogen) atoms. The zero-order valence-corrected chi connectivity index (χ0v) is 12.4. The molecule has 0 saturated carbocycles. The molecule has 0 aliphatic heterocycles. The van der Waals surface area contributed by atoms with Crippen molar-refractivity contribution in [3.8, 4) is 11.5 Å². The van der Waals surface area contributed by atoms with Crippen molar-refractivity contribution in [3.63, 3.8) is 0 Å². The van der Waals surface area contributed by atoms with E-state index in [2.05, 4.69) is 52.6 Å². The van der Waals surface area contributed by atoms with Crippen LogP contribution in [-0.2, 0) is 0 Å². The third kappa shape index (κ3) is 2.79.